The van der Waals surface area contributed by atoms with Gasteiger partial charge >= 0.3 is 0 Å². The average molecular weight is 447 g/mol. The first kappa shape index (κ1) is 21.5. The van der Waals surface area contributed by atoms with E-state index in [1.165, 1.54) is 12.1 Å². The van der Waals surface area contributed by atoms with Crippen molar-refractivity contribution >= 4 is 21.6 Å². The van der Waals surface area contributed by atoms with Gasteiger partial charge in [-0.2, -0.15) is 0 Å². The number of nitrogens with zero attached hydrogens (tertiary/aromatic N) is 1. The number of hydrogen-bond acceptors (Lipinski definition) is 6. The van der Waals surface area contributed by atoms with Crippen molar-refractivity contribution in [2.24, 2.45) is 5.92 Å². The highest BCUT2D eigenvalue weighted by molar-refractivity contribution is 7.92. The van der Waals surface area contributed by atoms with E-state index in [-0.39, 0.29) is 10.8 Å². The standard InChI is InChI=1S/C22H26N2O6S/c1-2-24(14-16-9-10-28-15-16)22(25)17-3-5-18(6-4-17)23-31(26,27)19-7-8-20-21(13-19)30-12-11-29-20/h3-8,13,16,23H,2,9-12,14-15H2,1H3. The van der Waals surface area contributed by atoms with Gasteiger partial charge in [-0.25, -0.2) is 8.42 Å². The molecule has 4 rings (SSSR count). The summed E-state index contributed by atoms with van der Waals surface area (Å²) in [6.45, 7) is 5.46. The van der Waals surface area contributed by atoms with E-state index in [1.54, 1.807) is 35.2 Å². The molecule has 1 amide bonds. The monoisotopic (exact) mass is 446 g/mol. The summed E-state index contributed by atoms with van der Waals surface area (Å²) >= 11 is 0. The van der Waals surface area contributed by atoms with Gasteiger partial charge in [0.1, 0.15) is 13.2 Å². The van der Waals surface area contributed by atoms with Crippen molar-refractivity contribution in [3.63, 3.8) is 0 Å². The van der Waals surface area contributed by atoms with Gasteiger partial charge in [0.05, 0.1) is 11.5 Å². The molecule has 2 aromatic carbocycles. The van der Waals surface area contributed by atoms with E-state index in [0.29, 0.717) is 61.6 Å². The van der Waals surface area contributed by atoms with E-state index in [4.69, 9.17) is 14.2 Å². The van der Waals surface area contributed by atoms with Crippen molar-refractivity contribution in [2.75, 3.05) is 44.2 Å². The number of rotatable bonds is 7. The van der Waals surface area contributed by atoms with Gasteiger partial charge < -0.3 is 19.1 Å². The van der Waals surface area contributed by atoms with Crippen LogP contribution in [0.1, 0.15) is 23.7 Å². The van der Waals surface area contributed by atoms with Gasteiger partial charge in [-0.05, 0) is 49.7 Å². The molecular formula is C22H26N2O6S. The van der Waals surface area contributed by atoms with Crippen LogP contribution in [0.25, 0.3) is 0 Å². The van der Waals surface area contributed by atoms with Crippen molar-refractivity contribution < 1.29 is 27.4 Å². The molecule has 0 spiro atoms. The Morgan fingerprint density at radius 3 is 2.48 bits per heavy atom. The van der Waals surface area contributed by atoms with Crippen LogP contribution in [-0.4, -0.2) is 58.7 Å². The molecule has 1 unspecified atom stereocenters. The molecule has 1 saturated heterocycles. The number of carbonyl (C=O) groups is 1. The van der Waals surface area contributed by atoms with Gasteiger partial charge in [0.15, 0.2) is 11.5 Å². The first-order chi connectivity index (χ1) is 15.0. The second kappa shape index (κ2) is 9.15. The fraction of sp³-hybridized carbons (Fsp3) is 0.409. The van der Waals surface area contributed by atoms with Crippen molar-refractivity contribution in [1.82, 2.24) is 4.90 Å². The molecule has 1 N–H and O–H groups in total. The molecule has 166 valence electrons. The Morgan fingerprint density at radius 1 is 1.06 bits per heavy atom. The molecule has 2 aliphatic rings. The van der Waals surface area contributed by atoms with Gasteiger partial charge in [0, 0.05) is 42.9 Å². The highest BCUT2D eigenvalue weighted by Crippen LogP contribution is 2.32. The smallest absolute Gasteiger partial charge is 0.262 e. The van der Waals surface area contributed by atoms with Crippen LogP contribution in [0.3, 0.4) is 0 Å². The Hall–Kier alpha value is -2.78. The predicted octanol–water partition coefficient (Wildman–Crippen LogP) is 2.76. The van der Waals surface area contributed by atoms with Crippen molar-refractivity contribution in [1.29, 1.82) is 0 Å². The lowest BCUT2D eigenvalue weighted by molar-refractivity contribution is 0.0731. The highest BCUT2D eigenvalue weighted by atomic mass is 32.2. The predicted molar refractivity (Wildman–Crippen MR) is 115 cm³/mol. The fourth-order valence-corrected chi connectivity index (χ4v) is 4.74. The lowest BCUT2D eigenvalue weighted by atomic mass is 10.1. The largest absolute Gasteiger partial charge is 0.486 e. The van der Waals surface area contributed by atoms with Crippen LogP contribution in [0.15, 0.2) is 47.4 Å². The molecule has 0 aliphatic carbocycles. The summed E-state index contributed by atoms with van der Waals surface area (Å²) in [4.78, 5) is 14.7. The number of fused-ring (bicyclic) bond motifs is 1. The first-order valence-electron chi connectivity index (χ1n) is 10.4. The zero-order valence-corrected chi connectivity index (χ0v) is 18.2. The zero-order valence-electron chi connectivity index (χ0n) is 17.4. The summed E-state index contributed by atoms with van der Waals surface area (Å²) in [6, 6.07) is 11.0. The maximum Gasteiger partial charge on any atom is 0.262 e. The molecule has 31 heavy (non-hydrogen) atoms. The summed E-state index contributed by atoms with van der Waals surface area (Å²) in [5.41, 5.74) is 0.890. The number of nitrogens with one attached hydrogen (secondary N) is 1. The van der Waals surface area contributed by atoms with Gasteiger partial charge in [-0.1, -0.05) is 0 Å². The van der Waals surface area contributed by atoms with Crippen LogP contribution >= 0.6 is 0 Å². The average Bonchev–Trinajstić information content (AvgIpc) is 3.30. The molecule has 2 aromatic rings. The maximum absolute atomic E-state index is 12.8. The first-order valence-corrected chi connectivity index (χ1v) is 11.8. The quantitative estimate of drug-likeness (QED) is 0.703. The molecule has 1 fully saturated rings. The molecule has 0 saturated carbocycles. The van der Waals surface area contributed by atoms with Crippen molar-refractivity contribution in [3.05, 3.63) is 48.0 Å². The molecular weight excluding hydrogens is 420 g/mol. The SMILES string of the molecule is CCN(CC1CCOC1)C(=O)c1ccc(NS(=O)(=O)c2ccc3c(c2)OCCO3)cc1. The Morgan fingerprint density at radius 2 is 1.81 bits per heavy atom. The Bertz CT molecular complexity index is 1030. The minimum Gasteiger partial charge on any atom is -0.486 e. The molecule has 2 heterocycles. The van der Waals surface area contributed by atoms with Crippen LogP contribution in [-0.2, 0) is 14.8 Å². The minimum absolute atomic E-state index is 0.0735. The Labute approximate surface area is 182 Å². The second-order valence-corrected chi connectivity index (χ2v) is 9.24. The number of anilines is 1. The molecule has 0 bridgehead atoms. The van der Waals surface area contributed by atoms with Crippen LogP contribution in [0, 0.1) is 5.92 Å². The number of ether oxygens (including phenoxy) is 3. The molecule has 2 aliphatic heterocycles. The third-order valence-electron chi connectivity index (χ3n) is 5.38. The van der Waals surface area contributed by atoms with Gasteiger partial charge in [-0.3, -0.25) is 9.52 Å². The summed E-state index contributed by atoms with van der Waals surface area (Å²) in [5, 5.41) is 0. The van der Waals surface area contributed by atoms with Gasteiger partial charge in [0.2, 0.25) is 0 Å². The topological polar surface area (TPSA) is 94.2 Å². The summed E-state index contributed by atoms with van der Waals surface area (Å²) in [5.74, 6) is 1.22. The number of sulfonamides is 1. The van der Waals surface area contributed by atoms with Crippen LogP contribution in [0.5, 0.6) is 11.5 Å². The lowest BCUT2D eigenvalue weighted by Gasteiger charge is -2.24. The van der Waals surface area contributed by atoms with E-state index in [1.807, 2.05) is 6.92 Å². The third-order valence-corrected chi connectivity index (χ3v) is 6.76. The number of hydrogen-bond donors (Lipinski definition) is 1. The van der Waals surface area contributed by atoms with Crippen molar-refractivity contribution in [3.8, 4) is 11.5 Å². The minimum atomic E-state index is -3.81. The summed E-state index contributed by atoms with van der Waals surface area (Å²) in [6.07, 6.45) is 0.963. The van der Waals surface area contributed by atoms with Crippen LogP contribution in [0.2, 0.25) is 0 Å². The van der Waals surface area contributed by atoms with E-state index >= 15 is 0 Å². The lowest BCUT2D eigenvalue weighted by Crippen LogP contribution is -2.35. The van der Waals surface area contributed by atoms with Gasteiger partial charge in [0.25, 0.3) is 15.9 Å². The highest BCUT2D eigenvalue weighted by Gasteiger charge is 2.23. The zero-order chi connectivity index (χ0) is 21.8. The van der Waals surface area contributed by atoms with Gasteiger partial charge in [-0.15, -0.1) is 0 Å². The fourth-order valence-electron chi connectivity index (χ4n) is 3.66. The third kappa shape index (κ3) is 4.94. The van der Waals surface area contributed by atoms with E-state index in [2.05, 4.69) is 4.72 Å². The van der Waals surface area contributed by atoms with Crippen LogP contribution < -0.4 is 14.2 Å². The normalized spacial score (nSPS) is 17.9. The molecule has 8 nitrogen and oxygen atoms in total. The number of amides is 1. The van der Waals surface area contributed by atoms with Crippen LogP contribution in [0.4, 0.5) is 5.69 Å². The molecule has 0 aromatic heterocycles. The van der Waals surface area contributed by atoms with E-state index in [9.17, 15) is 13.2 Å². The Kier molecular flexibility index (Phi) is 6.33. The Balaban J connectivity index is 1.44. The number of benzene rings is 2. The van der Waals surface area contributed by atoms with Crippen molar-refractivity contribution in [2.45, 2.75) is 18.2 Å². The van der Waals surface area contributed by atoms with E-state index < -0.39 is 10.0 Å². The molecule has 1 atom stereocenters. The summed E-state index contributed by atoms with van der Waals surface area (Å²) in [7, 11) is -3.81. The maximum atomic E-state index is 12.8. The second-order valence-electron chi connectivity index (χ2n) is 7.56. The van der Waals surface area contributed by atoms with E-state index in [0.717, 1.165) is 13.0 Å². The molecule has 0 radical (unpaired) electrons. The molecule has 9 heteroatoms. The summed E-state index contributed by atoms with van der Waals surface area (Å²) < 4.78 is 44.4. The number of carbonyl (C=O) groups excluding carboxylic acids is 1.